The van der Waals surface area contributed by atoms with Gasteiger partial charge in [0, 0.05) is 33.4 Å². The van der Waals surface area contributed by atoms with Crippen molar-refractivity contribution >= 4 is 10.0 Å². The molecule has 0 amide bonds. The lowest BCUT2D eigenvalue weighted by Gasteiger charge is -2.20. The van der Waals surface area contributed by atoms with Crippen molar-refractivity contribution in [1.82, 2.24) is 13.9 Å². The highest BCUT2D eigenvalue weighted by atomic mass is 32.2. The van der Waals surface area contributed by atoms with Crippen LogP contribution in [0, 0.1) is 0 Å². The second-order valence-electron chi connectivity index (χ2n) is 3.92. The molecule has 2 N–H and O–H groups in total. The molecule has 7 nitrogen and oxygen atoms in total. The lowest BCUT2D eigenvalue weighted by molar-refractivity contribution is 0.178. The van der Waals surface area contributed by atoms with E-state index in [2.05, 4.69) is 4.98 Å². The van der Waals surface area contributed by atoms with Crippen molar-refractivity contribution < 1.29 is 13.2 Å². The number of nitrogens with two attached hydrogens (primary N) is 1. The topological polar surface area (TPSA) is 90.5 Å². The van der Waals surface area contributed by atoms with Gasteiger partial charge in [-0.05, 0) is 13.0 Å². The van der Waals surface area contributed by atoms with Gasteiger partial charge in [0.25, 0.3) is 10.0 Å². The second-order valence-corrected chi connectivity index (χ2v) is 5.80. The third-order valence-electron chi connectivity index (χ3n) is 2.44. The standard InChI is InChI=1S/C10H20N4O3S/c1-13-8-10(12-9-13)18(15,16)14(5-3-4-11)6-7-17-2/h8-9H,3-7,11H2,1-2H3. The highest BCUT2D eigenvalue weighted by Gasteiger charge is 2.25. The smallest absolute Gasteiger partial charge is 0.262 e. The molecule has 0 saturated heterocycles. The summed E-state index contributed by atoms with van der Waals surface area (Å²) in [6, 6.07) is 0. The SMILES string of the molecule is COCCN(CCCN)S(=O)(=O)c1cn(C)cn1. The fraction of sp³-hybridized carbons (Fsp3) is 0.700. The Labute approximate surface area is 108 Å². The summed E-state index contributed by atoms with van der Waals surface area (Å²) in [7, 11) is -0.295. The first-order valence-electron chi connectivity index (χ1n) is 5.69. The van der Waals surface area contributed by atoms with Gasteiger partial charge in [-0.15, -0.1) is 0 Å². The van der Waals surface area contributed by atoms with Gasteiger partial charge in [0.1, 0.15) is 0 Å². The molecular weight excluding hydrogens is 256 g/mol. The fourth-order valence-corrected chi connectivity index (χ4v) is 2.90. The molecular formula is C10H20N4O3S. The molecule has 8 heteroatoms. The van der Waals surface area contributed by atoms with Crippen LogP contribution in [0.15, 0.2) is 17.6 Å². The summed E-state index contributed by atoms with van der Waals surface area (Å²) in [5.74, 6) is 0. The van der Waals surface area contributed by atoms with Crippen LogP contribution in [0.2, 0.25) is 0 Å². The Bertz CT molecular complexity index is 449. The van der Waals surface area contributed by atoms with Crippen LogP contribution in [0.5, 0.6) is 0 Å². The molecule has 0 radical (unpaired) electrons. The Kier molecular flexibility index (Phi) is 5.73. The Morgan fingerprint density at radius 2 is 2.22 bits per heavy atom. The van der Waals surface area contributed by atoms with Crippen LogP contribution in [0.3, 0.4) is 0 Å². The van der Waals surface area contributed by atoms with Crippen LogP contribution < -0.4 is 5.73 Å². The van der Waals surface area contributed by atoms with Crippen LogP contribution in [-0.4, -0.2) is 55.6 Å². The maximum Gasteiger partial charge on any atom is 0.262 e. The predicted molar refractivity (Wildman–Crippen MR) is 67.5 cm³/mol. The van der Waals surface area contributed by atoms with Crippen LogP contribution in [0.25, 0.3) is 0 Å². The van der Waals surface area contributed by atoms with Gasteiger partial charge >= 0.3 is 0 Å². The lowest BCUT2D eigenvalue weighted by Crippen LogP contribution is -2.35. The predicted octanol–water partition coefficient (Wildman–Crippen LogP) is -0.594. The third-order valence-corrected chi connectivity index (χ3v) is 4.23. The van der Waals surface area contributed by atoms with Crippen molar-refractivity contribution in [3.05, 3.63) is 12.5 Å². The summed E-state index contributed by atoms with van der Waals surface area (Å²) >= 11 is 0. The van der Waals surface area contributed by atoms with Crippen LogP contribution >= 0.6 is 0 Å². The van der Waals surface area contributed by atoms with E-state index in [9.17, 15) is 8.42 Å². The number of aromatic nitrogens is 2. The molecule has 0 aromatic carbocycles. The largest absolute Gasteiger partial charge is 0.383 e. The Balaban J connectivity index is 2.88. The van der Waals surface area contributed by atoms with E-state index in [-0.39, 0.29) is 5.03 Å². The molecule has 0 unspecified atom stereocenters. The molecule has 1 aromatic heterocycles. The van der Waals surface area contributed by atoms with Crippen molar-refractivity contribution in [1.29, 1.82) is 0 Å². The molecule has 0 saturated carbocycles. The van der Waals surface area contributed by atoms with Gasteiger partial charge in [0.05, 0.1) is 12.9 Å². The fourth-order valence-electron chi connectivity index (χ4n) is 1.47. The van der Waals surface area contributed by atoms with Crippen LogP contribution in [0.1, 0.15) is 6.42 Å². The first-order valence-corrected chi connectivity index (χ1v) is 7.13. The summed E-state index contributed by atoms with van der Waals surface area (Å²) in [6.45, 7) is 1.46. The van der Waals surface area contributed by atoms with Crippen molar-refractivity contribution in [3.8, 4) is 0 Å². The molecule has 104 valence electrons. The number of ether oxygens (including phenoxy) is 1. The van der Waals surface area contributed by atoms with Crippen molar-refractivity contribution in [2.45, 2.75) is 11.4 Å². The first-order chi connectivity index (χ1) is 8.52. The second kappa shape index (κ2) is 6.83. The van der Waals surface area contributed by atoms with Gasteiger partial charge in [-0.2, -0.15) is 4.31 Å². The molecule has 1 aromatic rings. The van der Waals surface area contributed by atoms with Crippen molar-refractivity contribution in [3.63, 3.8) is 0 Å². The van der Waals surface area contributed by atoms with E-state index in [0.717, 1.165) is 0 Å². The van der Waals surface area contributed by atoms with E-state index >= 15 is 0 Å². The van der Waals surface area contributed by atoms with Crippen molar-refractivity contribution in [2.24, 2.45) is 12.8 Å². The minimum Gasteiger partial charge on any atom is -0.383 e. The maximum atomic E-state index is 12.3. The number of nitrogens with zero attached hydrogens (tertiary/aromatic N) is 3. The normalized spacial score (nSPS) is 12.2. The number of hydrogen-bond acceptors (Lipinski definition) is 5. The number of aryl methyl sites for hydroxylation is 1. The summed E-state index contributed by atoms with van der Waals surface area (Å²) in [6.07, 6.45) is 3.55. The van der Waals surface area contributed by atoms with E-state index in [1.165, 1.54) is 23.9 Å². The van der Waals surface area contributed by atoms with Gasteiger partial charge in [0.15, 0.2) is 5.03 Å². The molecule has 0 aliphatic rings. The maximum absolute atomic E-state index is 12.3. The molecule has 0 aliphatic heterocycles. The number of rotatable bonds is 8. The van der Waals surface area contributed by atoms with E-state index in [1.54, 1.807) is 11.6 Å². The van der Waals surface area contributed by atoms with Crippen LogP contribution in [-0.2, 0) is 21.8 Å². The van der Waals surface area contributed by atoms with Gasteiger partial charge in [-0.25, -0.2) is 13.4 Å². The Morgan fingerprint density at radius 3 is 2.72 bits per heavy atom. The lowest BCUT2D eigenvalue weighted by atomic mass is 10.4. The molecule has 18 heavy (non-hydrogen) atoms. The number of methoxy groups -OCH3 is 1. The zero-order valence-electron chi connectivity index (χ0n) is 10.7. The molecule has 0 spiro atoms. The molecule has 0 aliphatic carbocycles. The van der Waals surface area contributed by atoms with Crippen molar-refractivity contribution in [2.75, 3.05) is 33.4 Å². The van der Waals surface area contributed by atoms with E-state index < -0.39 is 10.0 Å². The summed E-state index contributed by atoms with van der Waals surface area (Å²) in [5, 5.41) is 0.0538. The minimum atomic E-state index is -3.56. The molecule has 0 fully saturated rings. The highest BCUT2D eigenvalue weighted by molar-refractivity contribution is 7.89. The van der Waals surface area contributed by atoms with E-state index in [1.807, 2.05) is 0 Å². The van der Waals surface area contributed by atoms with Gasteiger partial charge in [-0.3, -0.25) is 0 Å². The molecule has 1 heterocycles. The number of sulfonamides is 1. The minimum absolute atomic E-state index is 0.0538. The van der Waals surface area contributed by atoms with E-state index in [0.29, 0.717) is 32.7 Å². The zero-order chi connectivity index (χ0) is 13.6. The summed E-state index contributed by atoms with van der Waals surface area (Å²) in [4.78, 5) is 3.89. The molecule has 0 atom stereocenters. The summed E-state index contributed by atoms with van der Waals surface area (Å²) < 4.78 is 32.5. The Morgan fingerprint density at radius 1 is 1.50 bits per heavy atom. The first kappa shape index (κ1) is 15.1. The van der Waals surface area contributed by atoms with Gasteiger partial charge in [-0.1, -0.05) is 0 Å². The Hall–Kier alpha value is -0.960. The zero-order valence-corrected chi connectivity index (χ0v) is 11.6. The summed E-state index contributed by atoms with van der Waals surface area (Å²) in [5.41, 5.74) is 5.42. The number of hydrogen-bond donors (Lipinski definition) is 1. The monoisotopic (exact) mass is 276 g/mol. The van der Waals surface area contributed by atoms with Gasteiger partial charge < -0.3 is 15.0 Å². The quantitative estimate of drug-likeness (QED) is 0.685. The van der Waals surface area contributed by atoms with E-state index in [4.69, 9.17) is 10.5 Å². The number of imidazole rings is 1. The third kappa shape index (κ3) is 3.77. The van der Waals surface area contributed by atoms with Crippen LogP contribution in [0.4, 0.5) is 0 Å². The highest BCUT2D eigenvalue weighted by Crippen LogP contribution is 2.13. The van der Waals surface area contributed by atoms with Gasteiger partial charge in [0.2, 0.25) is 0 Å². The average Bonchev–Trinajstić information content (AvgIpc) is 2.76. The molecule has 0 bridgehead atoms. The molecule has 1 rings (SSSR count). The average molecular weight is 276 g/mol.